The maximum absolute atomic E-state index is 13.2. The summed E-state index contributed by atoms with van der Waals surface area (Å²) in [6, 6.07) is 13.3. The number of fused-ring (bicyclic) bond motifs is 1. The molecule has 1 fully saturated rings. The average molecular weight is 466 g/mol. The van der Waals surface area contributed by atoms with Gasteiger partial charge in [0.05, 0.1) is 0 Å². The first-order valence-corrected chi connectivity index (χ1v) is 11.8. The Balaban J connectivity index is 1.33. The number of urea groups is 1. The summed E-state index contributed by atoms with van der Waals surface area (Å²) in [5, 5.41) is 5.58. The fourth-order valence-electron chi connectivity index (χ4n) is 4.33. The zero-order valence-corrected chi connectivity index (χ0v) is 19.6. The number of Topliss-reactive ketones (excluding diaryl/α,β-unsaturated/α-hetero) is 1. The van der Waals surface area contributed by atoms with E-state index in [0.29, 0.717) is 61.9 Å². The van der Waals surface area contributed by atoms with E-state index in [0.717, 1.165) is 0 Å². The molecule has 2 heterocycles. The zero-order chi connectivity index (χ0) is 24.1. The van der Waals surface area contributed by atoms with Crippen LogP contribution >= 0.6 is 0 Å². The Morgan fingerprint density at radius 1 is 0.941 bits per heavy atom. The van der Waals surface area contributed by atoms with Crippen LogP contribution in [0, 0.1) is 11.8 Å². The number of hydrogen-bond donors (Lipinski definition) is 2. The lowest BCUT2D eigenvalue weighted by Gasteiger charge is -2.35. The third-order valence-electron chi connectivity index (χ3n) is 6.26. The van der Waals surface area contributed by atoms with E-state index >= 15 is 0 Å². The van der Waals surface area contributed by atoms with Gasteiger partial charge in [0, 0.05) is 30.3 Å². The number of hydrogen-bond acceptors (Lipinski definition) is 5. The van der Waals surface area contributed by atoms with Crippen molar-refractivity contribution >= 4 is 23.4 Å². The van der Waals surface area contributed by atoms with Crippen LogP contribution in [0.25, 0.3) is 0 Å². The van der Waals surface area contributed by atoms with Gasteiger partial charge in [-0.25, -0.2) is 4.79 Å². The van der Waals surface area contributed by atoms with E-state index in [4.69, 9.17) is 9.47 Å². The lowest BCUT2D eigenvalue weighted by atomic mass is 9.88. The van der Waals surface area contributed by atoms with Crippen molar-refractivity contribution in [2.45, 2.75) is 32.7 Å². The summed E-state index contributed by atoms with van der Waals surface area (Å²) in [5.74, 6) is 0.967. The first-order chi connectivity index (χ1) is 16.4. The number of rotatable bonds is 6. The summed E-state index contributed by atoms with van der Waals surface area (Å²) in [7, 11) is 0. The number of nitrogens with one attached hydrogen (secondary N) is 2. The van der Waals surface area contributed by atoms with Gasteiger partial charge in [-0.1, -0.05) is 32.0 Å². The van der Waals surface area contributed by atoms with Gasteiger partial charge < -0.3 is 25.0 Å². The quantitative estimate of drug-likeness (QED) is 0.634. The van der Waals surface area contributed by atoms with Crippen molar-refractivity contribution in [3.8, 4) is 11.5 Å². The van der Waals surface area contributed by atoms with Crippen LogP contribution in [0.5, 0.6) is 11.5 Å². The van der Waals surface area contributed by atoms with Crippen LogP contribution in [-0.2, 0) is 4.79 Å². The lowest BCUT2D eigenvalue weighted by Crippen LogP contribution is -2.54. The van der Waals surface area contributed by atoms with Crippen molar-refractivity contribution in [2.75, 3.05) is 31.6 Å². The Morgan fingerprint density at radius 3 is 2.29 bits per heavy atom. The molecular weight excluding hydrogens is 434 g/mol. The summed E-state index contributed by atoms with van der Waals surface area (Å²) in [5.41, 5.74) is 1.27. The minimum absolute atomic E-state index is 0.0600. The number of carbonyl (C=O) groups excluding carboxylic acids is 3. The Labute approximate surface area is 199 Å². The Bertz CT molecular complexity index is 1030. The van der Waals surface area contributed by atoms with Crippen LogP contribution < -0.4 is 20.1 Å². The third-order valence-corrected chi connectivity index (χ3v) is 6.26. The molecule has 2 aliphatic heterocycles. The molecule has 0 spiro atoms. The van der Waals surface area contributed by atoms with Gasteiger partial charge in [0.25, 0.3) is 0 Å². The molecule has 34 heavy (non-hydrogen) atoms. The number of ether oxygens (including phenoxy) is 2. The van der Waals surface area contributed by atoms with Crippen LogP contribution in [0.3, 0.4) is 0 Å². The molecule has 0 aliphatic carbocycles. The van der Waals surface area contributed by atoms with Gasteiger partial charge >= 0.3 is 6.03 Å². The normalized spacial score (nSPS) is 16.6. The minimum Gasteiger partial charge on any atom is -0.486 e. The Hall–Kier alpha value is -3.55. The zero-order valence-electron chi connectivity index (χ0n) is 19.6. The maximum atomic E-state index is 13.2. The Kier molecular flexibility index (Phi) is 7.35. The molecule has 1 atom stereocenters. The molecule has 2 aromatic carbocycles. The molecule has 1 unspecified atom stereocenters. The van der Waals surface area contributed by atoms with Gasteiger partial charge in [-0.15, -0.1) is 0 Å². The Morgan fingerprint density at radius 2 is 1.62 bits per heavy atom. The fraction of sp³-hybridized carbons (Fsp3) is 0.423. The third kappa shape index (κ3) is 5.50. The highest BCUT2D eigenvalue weighted by atomic mass is 16.6. The predicted octanol–water partition coefficient (Wildman–Crippen LogP) is 3.73. The maximum Gasteiger partial charge on any atom is 0.319 e. The van der Waals surface area contributed by atoms with Crippen molar-refractivity contribution in [2.24, 2.45) is 11.8 Å². The molecule has 4 rings (SSSR count). The van der Waals surface area contributed by atoms with Crippen molar-refractivity contribution in [3.63, 3.8) is 0 Å². The van der Waals surface area contributed by atoms with E-state index in [1.54, 1.807) is 35.2 Å². The molecule has 0 radical (unpaired) electrons. The topological polar surface area (TPSA) is 97.0 Å². The predicted molar refractivity (Wildman–Crippen MR) is 128 cm³/mol. The SMILES string of the molecule is CC(C)C(NC(=O)Nc1ccccc1)C(=O)N1CCC(C(=O)c2ccc3c(c2)OCCO3)CC1. The van der Waals surface area contributed by atoms with E-state index in [1.807, 2.05) is 32.0 Å². The van der Waals surface area contributed by atoms with Gasteiger partial charge in [-0.3, -0.25) is 9.59 Å². The number of para-hydroxylation sites is 1. The number of piperidine rings is 1. The molecule has 8 nitrogen and oxygen atoms in total. The molecular formula is C26H31N3O5. The van der Waals surface area contributed by atoms with Crippen molar-refractivity contribution < 1.29 is 23.9 Å². The van der Waals surface area contributed by atoms with E-state index in [1.165, 1.54) is 0 Å². The second-order valence-electron chi connectivity index (χ2n) is 9.01. The molecule has 2 N–H and O–H groups in total. The van der Waals surface area contributed by atoms with Crippen LogP contribution in [0.2, 0.25) is 0 Å². The standard InChI is InChI=1S/C26H31N3O5/c1-17(2)23(28-26(32)27-20-6-4-3-5-7-20)25(31)29-12-10-18(11-13-29)24(30)19-8-9-21-22(16-19)34-15-14-33-21/h3-9,16-18,23H,10-15H2,1-2H3,(H2,27,28,32). The number of nitrogens with zero attached hydrogens (tertiary/aromatic N) is 1. The van der Waals surface area contributed by atoms with E-state index in [-0.39, 0.29) is 23.5 Å². The summed E-state index contributed by atoms with van der Waals surface area (Å²) in [6.07, 6.45) is 1.17. The van der Waals surface area contributed by atoms with Crippen LogP contribution in [0.15, 0.2) is 48.5 Å². The van der Waals surface area contributed by atoms with Crippen LogP contribution in [0.1, 0.15) is 37.0 Å². The fourth-order valence-corrected chi connectivity index (χ4v) is 4.33. The highest BCUT2D eigenvalue weighted by Crippen LogP contribution is 2.32. The van der Waals surface area contributed by atoms with Crippen LogP contribution in [0.4, 0.5) is 10.5 Å². The highest BCUT2D eigenvalue weighted by molar-refractivity contribution is 5.99. The van der Waals surface area contributed by atoms with Gasteiger partial charge in [0.15, 0.2) is 17.3 Å². The molecule has 1 saturated heterocycles. The first kappa shape index (κ1) is 23.6. The van der Waals surface area contributed by atoms with Gasteiger partial charge in [0.2, 0.25) is 5.91 Å². The summed E-state index contributed by atoms with van der Waals surface area (Å²) >= 11 is 0. The molecule has 0 saturated carbocycles. The van der Waals surface area contributed by atoms with Crippen LogP contribution in [-0.4, -0.2) is 55.0 Å². The second kappa shape index (κ2) is 10.6. The molecule has 0 aromatic heterocycles. The number of carbonyl (C=O) groups is 3. The average Bonchev–Trinajstić information content (AvgIpc) is 2.86. The number of likely N-dealkylation sites (tertiary alicyclic amines) is 1. The number of amides is 3. The van der Waals surface area contributed by atoms with E-state index in [2.05, 4.69) is 10.6 Å². The molecule has 8 heteroatoms. The van der Waals surface area contributed by atoms with Crippen molar-refractivity contribution in [1.82, 2.24) is 10.2 Å². The summed E-state index contributed by atoms with van der Waals surface area (Å²) in [4.78, 5) is 40.5. The van der Waals surface area contributed by atoms with E-state index in [9.17, 15) is 14.4 Å². The minimum atomic E-state index is -0.645. The number of benzene rings is 2. The number of ketones is 1. The van der Waals surface area contributed by atoms with Gasteiger partial charge in [-0.2, -0.15) is 0 Å². The van der Waals surface area contributed by atoms with Crippen molar-refractivity contribution in [1.29, 1.82) is 0 Å². The molecule has 180 valence electrons. The van der Waals surface area contributed by atoms with Crippen molar-refractivity contribution in [3.05, 3.63) is 54.1 Å². The smallest absolute Gasteiger partial charge is 0.319 e. The summed E-state index contributed by atoms with van der Waals surface area (Å²) in [6.45, 7) is 5.75. The van der Waals surface area contributed by atoms with Gasteiger partial charge in [-0.05, 0) is 49.1 Å². The molecule has 0 bridgehead atoms. The largest absolute Gasteiger partial charge is 0.486 e. The lowest BCUT2D eigenvalue weighted by molar-refractivity contribution is -0.135. The summed E-state index contributed by atoms with van der Waals surface area (Å²) < 4.78 is 11.1. The number of anilines is 1. The second-order valence-corrected chi connectivity index (χ2v) is 9.01. The molecule has 2 aromatic rings. The first-order valence-electron chi connectivity index (χ1n) is 11.8. The molecule has 2 aliphatic rings. The monoisotopic (exact) mass is 465 g/mol. The molecule has 3 amide bonds. The van der Waals surface area contributed by atoms with Gasteiger partial charge in [0.1, 0.15) is 19.3 Å². The highest BCUT2D eigenvalue weighted by Gasteiger charge is 2.33. The van der Waals surface area contributed by atoms with E-state index < -0.39 is 12.1 Å².